The summed E-state index contributed by atoms with van der Waals surface area (Å²) in [6.45, 7) is 2.04. The average Bonchev–Trinajstić information content (AvgIpc) is 3.21. The Kier molecular flexibility index (Phi) is 3.86. The van der Waals surface area contributed by atoms with Gasteiger partial charge in [0.25, 0.3) is 0 Å². The lowest BCUT2D eigenvalue weighted by atomic mass is 10.1. The number of nitrogens with zero attached hydrogens (tertiary/aromatic N) is 2. The molecule has 4 rings (SSSR count). The molecule has 124 valence electrons. The van der Waals surface area contributed by atoms with Crippen LogP contribution in [0.1, 0.15) is 16.1 Å². The molecule has 0 N–H and O–H groups in total. The summed E-state index contributed by atoms with van der Waals surface area (Å²) in [5.74, 6) is 0.803. The zero-order chi connectivity index (χ0) is 17.4. The van der Waals surface area contributed by atoms with Crippen LogP contribution in [0.3, 0.4) is 0 Å². The fourth-order valence-corrected chi connectivity index (χ4v) is 3.78. The first-order chi connectivity index (χ1) is 12.2. The molecule has 0 saturated carbocycles. The Hall–Kier alpha value is -2.92. The summed E-state index contributed by atoms with van der Waals surface area (Å²) in [6.07, 6.45) is 0.884. The fourth-order valence-electron chi connectivity index (χ4n) is 2.88. The van der Waals surface area contributed by atoms with Crippen LogP contribution in [0.2, 0.25) is 0 Å². The van der Waals surface area contributed by atoms with E-state index in [-0.39, 0.29) is 0 Å². The lowest BCUT2D eigenvalue weighted by molar-refractivity contribution is 0.111. The molecule has 0 spiro atoms. The van der Waals surface area contributed by atoms with E-state index in [0.717, 1.165) is 39.5 Å². The Balaban J connectivity index is 1.90. The van der Waals surface area contributed by atoms with Crippen LogP contribution in [0.5, 0.6) is 5.75 Å². The number of benzene rings is 2. The van der Waals surface area contributed by atoms with Crippen molar-refractivity contribution in [3.8, 4) is 28.3 Å². The molecule has 5 heteroatoms. The first kappa shape index (κ1) is 15.6. The Morgan fingerprint density at radius 2 is 1.72 bits per heavy atom. The lowest BCUT2D eigenvalue weighted by Crippen LogP contribution is -1.94. The number of aryl methyl sites for hydroxylation is 1. The van der Waals surface area contributed by atoms with E-state index in [4.69, 9.17) is 4.74 Å². The normalized spacial score (nSPS) is 11.0. The van der Waals surface area contributed by atoms with E-state index in [1.807, 2.05) is 65.2 Å². The number of methoxy groups -OCH3 is 1. The molecular weight excluding hydrogens is 332 g/mol. The van der Waals surface area contributed by atoms with Crippen LogP contribution in [0.25, 0.3) is 27.5 Å². The molecule has 0 atom stereocenters. The van der Waals surface area contributed by atoms with Gasteiger partial charge in [-0.05, 0) is 36.8 Å². The Bertz CT molecular complexity index is 1040. The molecule has 0 saturated heterocycles. The summed E-state index contributed by atoms with van der Waals surface area (Å²) >= 11 is 1.53. The Morgan fingerprint density at radius 3 is 2.36 bits per heavy atom. The predicted molar refractivity (Wildman–Crippen MR) is 101 cm³/mol. The minimum absolute atomic E-state index is 0.575. The number of thiazole rings is 1. The second-order valence-electron chi connectivity index (χ2n) is 5.80. The first-order valence-corrected chi connectivity index (χ1v) is 8.76. The molecule has 0 aliphatic carbocycles. The highest BCUT2D eigenvalue weighted by Gasteiger charge is 2.18. The van der Waals surface area contributed by atoms with Crippen LogP contribution in [0.15, 0.2) is 53.9 Å². The summed E-state index contributed by atoms with van der Waals surface area (Å²) in [7, 11) is 1.64. The number of fused-ring (bicyclic) bond motifs is 1. The maximum Gasteiger partial charge on any atom is 0.195 e. The van der Waals surface area contributed by atoms with E-state index in [0.29, 0.717) is 5.69 Å². The highest BCUT2D eigenvalue weighted by atomic mass is 32.1. The molecule has 2 aromatic carbocycles. The molecule has 2 heterocycles. The van der Waals surface area contributed by atoms with E-state index in [2.05, 4.69) is 4.98 Å². The lowest BCUT2D eigenvalue weighted by Gasteiger charge is -2.04. The van der Waals surface area contributed by atoms with E-state index in [1.54, 1.807) is 7.11 Å². The van der Waals surface area contributed by atoms with Crippen LogP contribution in [-0.2, 0) is 0 Å². The van der Waals surface area contributed by atoms with Crippen molar-refractivity contribution in [1.29, 1.82) is 0 Å². The van der Waals surface area contributed by atoms with Crippen LogP contribution in [0, 0.1) is 6.92 Å². The first-order valence-electron chi connectivity index (χ1n) is 7.88. The Morgan fingerprint density at radius 1 is 1.04 bits per heavy atom. The molecular formula is C20H16N2O2S. The fraction of sp³-hybridized carbons (Fsp3) is 0.100. The summed E-state index contributed by atoms with van der Waals surface area (Å²) in [6, 6.07) is 15.9. The van der Waals surface area contributed by atoms with E-state index in [9.17, 15) is 4.79 Å². The largest absolute Gasteiger partial charge is 0.497 e. The molecule has 0 radical (unpaired) electrons. The maximum atomic E-state index is 11.8. The van der Waals surface area contributed by atoms with Crippen molar-refractivity contribution in [3.63, 3.8) is 0 Å². The van der Waals surface area contributed by atoms with Crippen LogP contribution >= 0.6 is 11.3 Å². The molecule has 0 amide bonds. The number of rotatable bonds is 4. The van der Waals surface area contributed by atoms with Crippen molar-refractivity contribution in [2.24, 2.45) is 0 Å². The third kappa shape index (κ3) is 2.62. The van der Waals surface area contributed by atoms with Gasteiger partial charge in [-0.3, -0.25) is 9.20 Å². The van der Waals surface area contributed by atoms with Crippen molar-refractivity contribution in [2.45, 2.75) is 6.92 Å². The zero-order valence-corrected chi connectivity index (χ0v) is 14.7. The standard InChI is InChI=1S/C20H16N2O2S/c1-13-3-5-15(6-4-13)19-17(11-23)22-18(12-25-20(22)21-19)14-7-9-16(24-2)10-8-14/h3-12H,1-2H3. The zero-order valence-electron chi connectivity index (χ0n) is 13.9. The highest BCUT2D eigenvalue weighted by Crippen LogP contribution is 2.32. The summed E-state index contributed by atoms with van der Waals surface area (Å²) in [5, 5.41) is 2.02. The number of aldehydes is 1. The van der Waals surface area contributed by atoms with Gasteiger partial charge in [0.2, 0.25) is 0 Å². The van der Waals surface area contributed by atoms with E-state index >= 15 is 0 Å². The molecule has 0 fully saturated rings. The third-order valence-corrected chi connectivity index (χ3v) is 5.05. The third-order valence-electron chi connectivity index (χ3n) is 4.22. The van der Waals surface area contributed by atoms with Gasteiger partial charge in [0.15, 0.2) is 11.2 Å². The number of carbonyl (C=O) groups is 1. The molecule has 25 heavy (non-hydrogen) atoms. The van der Waals surface area contributed by atoms with Gasteiger partial charge in [0, 0.05) is 10.9 Å². The average molecular weight is 348 g/mol. The number of ether oxygens (including phenoxy) is 1. The number of carbonyl (C=O) groups excluding carboxylic acids is 1. The van der Waals surface area contributed by atoms with E-state index in [1.165, 1.54) is 16.9 Å². The van der Waals surface area contributed by atoms with Gasteiger partial charge in [-0.2, -0.15) is 0 Å². The van der Waals surface area contributed by atoms with Crippen molar-refractivity contribution in [3.05, 3.63) is 65.2 Å². The van der Waals surface area contributed by atoms with Gasteiger partial charge in [0.1, 0.15) is 17.1 Å². The molecule has 0 bridgehead atoms. The van der Waals surface area contributed by atoms with Gasteiger partial charge < -0.3 is 4.74 Å². The van der Waals surface area contributed by atoms with Gasteiger partial charge >= 0.3 is 0 Å². The Labute approximate surface area is 149 Å². The molecule has 0 aliphatic heterocycles. The van der Waals surface area contributed by atoms with Crippen molar-refractivity contribution in [2.75, 3.05) is 7.11 Å². The van der Waals surface area contributed by atoms with Crippen LogP contribution in [-0.4, -0.2) is 22.8 Å². The molecule has 4 aromatic rings. The SMILES string of the molecule is COc1ccc(-c2csc3nc(-c4ccc(C)cc4)c(C=O)n23)cc1. The summed E-state index contributed by atoms with van der Waals surface area (Å²) in [5.41, 5.74) is 5.39. The minimum atomic E-state index is 0.575. The van der Waals surface area contributed by atoms with Crippen LogP contribution in [0.4, 0.5) is 0 Å². The number of imidazole rings is 1. The summed E-state index contributed by atoms with van der Waals surface area (Å²) < 4.78 is 7.14. The van der Waals surface area contributed by atoms with Gasteiger partial charge in [0.05, 0.1) is 12.8 Å². The molecule has 0 aliphatic rings. The minimum Gasteiger partial charge on any atom is -0.497 e. The van der Waals surface area contributed by atoms with E-state index < -0.39 is 0 Å². The predicted octanol–water partition coefficient (Wildman–Crippen LogP) is 4.86. The van der Waals surface area contributed by atoms with Gasteiger partial charge in [-0.1, -0.05) is 29.8 Å². The topological polar surface area (TPSA) is 43.6 Å². The quantitative estimate of drug-likeness (QED) is 0.495. The number of aromatic nitrogens is 2. The second-order valence-corrected chi connectivity index (χ2v) is 6.63. The second kappa shape index (κ2) is 6.18. The molecule has 4 nitrogen and oxygen atoms in total. The van der Waals surface area contributed by atoms with Gasteiger partial charge in [-0.15, -0.1) is 11.3 Å². The monoisotopic (exact) mass is 348 g/mol. The number of hydrogen-bond acceptors (Lipinski definition) is 4. The number of hydrogen-bond donors (Lipinski definition) is 0. The smallest absolute Gasteiger partial charge is 0.195 e. The highest BCUT2D eigenvalue weighted by molar-refractivity contribution is 7.15. The van der Waals surface area contributed by atoms with Crippen LogP contribution < -0.4 is 4.74 Å². The maximum absolute atomic E-state index is 11.8. The van der Waals surface area contributed by atoms with Crippen molar-refractivity contribution < 1.29 is 9.53 Å². The molecule has 0 unspecified atom stereocenters. The summed E-state index contributed by atoms with van der Waals surface area (Å²) in [4.78, 5) is 17.3. The van der Waals surface area contributed by atoms with Gasteiger partial charge in [-0.25, -0.2) is 4.98 Å². The van der Waals surface area contributed by atoms with Crippen molar-refractivity contribution >= 4 is 22.6 Å². The molecule has 2 aromatic heterocycles. The van der Waals surface area contributed by atoms with Crippen molar-refractivity contribution in [1.82, 2.24) is 9.38 Å².